The number of ether oxygens (including phenoxy) is 3. The van der Waals surface area contributed by atoms with Gasteiger partial charge in [-0.05, 0) is 0 Å². The van der Waals surface area contributed by atoms with Crippen LogP contribution in [0.25, 0.3) is 0 Å². The zero-order valence-corrected chi connectivity index (χ0v) is 30.7. The fraction of sp³-hybridized carbons (Fsp3) is 0.306. The standard InChI is InChI=1S/C36H44O5SeSi2/c1-27(34(35(37)40-36(2,3)4)42-30-15-11-9-12-16-30)41-44(32-23-19-28(38-5)20-24-32,33-25-21-29(39-6)22-26-33)43(7,8)31-17-13-10-14-18-31/h9-27,34H,1-8H3/t27-,34?/m1/s1. The van der Waals surface area contributed by atoms with Gasteiger partial charge in [-0.15, -0.1) is 0 Å². The van der Waals surface area contributed by atoms with Gasteiger partial charge < -0.3 is 0 Å². The molecule has 8 heteroatoms. The van der Waals surface area contributed by atoms with Crippen molar-refractivity contribution in [2.24, 2.45) is 0 Å². The third-order valence-corrected chi connectivity index (χ3v) is 25.5. The summed E-state index contributed by atoms with van der Waals surface area (Å²) in [5.41, 5.74) is -0.611. The molecule has 0 saturated heterocycles. The number of hydrogen-bond acceptors (Lipinski definition) is 5. The molecule has 4 aromatic rings. The van der Waals surface area contributed by atoms with E-state index in [4.69, 9.17) is 18.6 Å². The molecule has 0 fully saturated rings. The summed E-state index contributed by atoms with van der Waals surface area (Å²) in [7, 11) is -2.23. The molecule has 0 aliphatic rings. The van der Waals surface area contributed by atoms with E-state index in [0.717, 1.165) is 26.3 Å². The summed E-state index contributed by atoms with van der Waals surface area (Å²) in [6.45, 7) is 12.6. The summed E-state index contributed by atoms with van der Waals surface area (Å²) in [5, 5.41) is 3.59. The summed E-state index contributed by atoms with van der Waals surface area (Å²) >= 11 is -0.221. The molecule has 0 aliphatic carbocycles. The maximum atomic E-state index is 14.0. The second kappa shape index (κ2) is 14.3. The van der Waals surface area contributed by atoms with Gasteiger partial charge in [0, 0.05) is 0 Å². The SMILES string of the molecule is COc1ccc([Si](O[C@H](C)C([Se]c2ccccc2)C(=O)OC(C)(C)C)(c2ccc(OC)cc2)[Si](C)(C)c2ccccc2)cc1. The number of hydrogen-bond donors (Lipinski definition) is 0. The summed E-state index contributed by atoms with van der Waals surface area (Å²) < 4.78 is 26.0. The summed E-state index contributed by atoms with van der Waals surface area (Å²) in [4.78, 5) is 13.5. The minimum absolute atomic E-state index is 0.221. The van der Waals surface area contributed by atoms with Crippen molar-refractivity contribution in [2.75, 3.05) is 14.2 Å². The molecule has 5 nitrogen and oxygen atoms in total. The second-order valence-corrected chi connectivity index (χ2v) is 27.3. The van der Waals surface area contributed by atoms with Crippen molar-refractivity contribution in [3.8, 4) is 11.5 Å². The van der Waals surface area contributed by atoms with Crippen LogP contribution in [0.5, 0.6) is 11.5 Å². The molecule has 4 rings (SSSR count). The minimum atomic E-state index is -3.11. The van der Waals surface area contributed by atoms with Crippen LogP contribution in [0.4, 0.5) is 0 Å². The van der Waals surface area contributed by atoms with Gasteiger partial charge in [0.25, 0.3) is 0 Å². The van der Waals surface area contributed by atoms with Crippen LogP contribution >= 0.6 is 0 Å². The van der Waals surface area contributed by atoms with Gasteiger partial charge >= 0.3 is 272 Å². The van der Waals surface area contributed by atoms with E-state index in [-0.39, 0.29) is 20.9 Å². The van der Waals surface area contributed by atoms with Crippen molar-refractivity contribution in [3.63, 3.8) is 0 Å². The molecule has 0 radical (unpaired) electrons. The summed E-state index contributed by atoms with van der Waals surface area (Å²) in [6, 6.07) is 37.7. The maximum absolute atomic E-state index is 14.0. The van der Waals surface area contributed by atoms with Gasteiger partial charge in [-0.1, -0.05) is 0 Å². The molecule has 44 heavy (non-hydrogen) atoms. The van der Waals surface area contributed by atoms with E-state index in [1.807, 2.05) is 63.2 Å². The van der Waals surface area contributed by atoms with Crippen LogP contribution in [-0.4, -0.2) is 62.3 Å². The van der Waals surface area contributed by atoms with E-state index in [0.29, 0.717) is 0 Å². The first-order valence-corrected chi connectivity index (χ1v) is 22.6. The van der Waals surface area contributed by atoms with E-state index < -0.39 is 31.9 Å². The van der Waals surface area contributed by atoms with Crippen molar-refractivity contribution in [3.05, 3.63) is 109 Å². The van der Waals surface area contributed by atoms with Crippen molar-refractivity contribution < 1.29 is 23.4 Å². The molecule has 232 valence electrons. The number of esters is 1. The van der Waals surface area contributed by atoms with Gasteiger partial charge in [-0.3, -0.25) is 0 Å². The van der Waals surface area contributed by atoms with Gasteiger partial charge in [0.15, 0.2) is 0 Å². The number of carbonyl (C=O) groups excluding carboxylic acids is 1. The van der Waals surface area contributed by atoms with Gasteiger partial charge in [0.1, 0.15) is 0 Å². The molecule has 2 atom stereocenters. The Morgan fingerprint density at radius 3 is 1.57 bits per heavy atom. The van der Waals surface area contributed by atoms with E-state index in [1.165, 1.54) is 5.19 Å². The first kappa shape index (κ1) is 33.8. The van der Waals surface area contributed by atoms with Gasteiger partial charge in [0.2, 0.25) is 0 Å². The van der Waals surface area contributed by atoms with Crippen LogP contribution in [0.1, 0.15) is 27.7 Å². The Bertz CT molecular complexity index is 1440. The Balaban J connectivity index is 1.95. The number of carbonyl (C=O) groups is 1. The van der Waals surface area contributed by atoms with Crippen LogP contribution in [-0.2, 0) is 14.0 Å². The molecular weight excluding hydrogens is 648 g/mol. The average Bonchev–Trinajstić information content (AvgIpc) is 3.02. The number of methoxy groups -OCH3 is 2. The molecule has 4 aromatic carbocycles. The van der Waals surface area contributed by atoms with Crippen molar-refractivity contribution >= 4 is 56.4 Å². The third kappa shape index (κ3) is 7.56. The Hall–Kier alpha value is -3.14. The van der Waals surface area contributed by atoms with E-state index in [1.54, 1.807) is 14.2 Å². The molecule has 0 aromatic heterocycles. The fourth-order valence-corrected chi connectivity index (χ4v) is 22.1. The van der Waals surface area contributed by atoms with E-state index >= 15 is 0 Å². The average molecular weight is 692 g/mol. The first-order valence-electron chi connectivity index (χ1n) is 14.9. The van der Waals surface area contributed by atoms with Crippen LogP contribution in [0.2, 0.25) is 17.9 Å². The Morgan fingerprint density at radius 2 is 1.14 bits per heavy atom. The van der Waals surface area contributed by atoms with Crippen molar-refractivity contribution in [1.29, 1.82) is 0 Å². The molecule has 0 bridgehead atoms. The van der Waals surface area contributed by atoms with Crippen LogP contribution in [0.15, 0.2) is 109 Å². The summed E-state index contributed by atoms with van der Waals surface area (Å²) in [6.07, 6.45) is -0.420. The monoisotopic (exact) mass is 692 g/mol. The van der Waals surface area contributed by atoms with Crippen molar-refractivity contribution in [1.82, 2.24) is 0 Å². The number of rotatable bonds is 12. The third-order valence-electron chi connectivity index (χ3n) is 7.80. The van der Waals surface area contributed by atoms with Crippen LogP contribution in [0, 0.1) is 0 Å². The zero-order valence-electron chi connectivity index (χ0n) is 27.0. The van der Waals surface area contributed by atoms with Crippen LogP contribution in [0.3, 0.4) is 0 Å². The van der Waals surface area contributed by atoms with E-state index in [9.17, 15) is 4.79 Å². The predicted octanol–water partition coefficient (Wildman–Crippen LogP) is 5.02. The second-order valence-electron chi connectivity index (χ2n) is 12.3. The zero-order chi connectivity index (χ0) is 32.0. The van der Waals surface area contributed by atoms with Crippen LogP contribution < -0.4 is 29.5 Å². The topological polar surface area (TPSA) is 54.0 Å². The fourth-order valence-electron chi connectivity index (χ4n) is 5.56. The van der Waals surface area contributed by atoms with Gasteiger partial charge in [-0.2, -0.15) is 0 Å². The molecule has 0 saturated carbocycles. The normalized spacial score (nSPS) is 13.5. The Morgan fingerprint density at radius 1 is 0.682 bits per heavy atom. The molecular formula is C36H44O5SeSi2. The molecule has 0 aliphatic heterocycles. The molecule has 1 unspecified atom stereocenters. The Labute approximate surface area is 271 Å². The van der Waals surface area contributed by atoms with Gasteiger partial charge in [-0.25, -0.2) is 0 Å². The summed E-state index contributed by atoms with van der Waals surface area (Å²) in [5.74, 6) is 1.36. The Kier molecular flexibility index (Phi) is 11.0. The quantitative estimate of drug-likeness (QED) is 0.154. The molecule has 0 spiro atoms. The first-order chi connectivity index (χ1) is 20.9. The van der Waals surface area contributed by atoms with Crippen molar-refractivity contribution in [2.45, 2.75) is 57.3 Å². The molecule has 0 heterocycles. The van der Waals surface area contributed by atoms with E-state index in [2.05, 4.69) is 86.7 Å². The molecule has 0 amide bonds. The van der Waals surface area contributed by atoms with Gasteiger partial charge in [0.05, 0.1) is 0 Å². The number of benzene rings is 4. The molecule has 0 N–H and O–H groups in total. The predicted molar refractivity (Wildman–Crippen MR) is 187 cm³/mol.